The Morgan fingerprint density at radius 1 is 1.33 bits per heavy atom. The number of morpholine rings is 1. The molecular formula is C12H16BrNO. The Labute approximate surface area is 99.4 Å². The molecule has 0 aromatic heterocycles. The van der Waals surface area contributed by atoms with Gasteiger partial charge in [0.05, 0.1) is 13.2 Å². The van der Waals surface area contributed by atoms with E-state index in [1.54, 1.807) is 0 Å². The van der Waals surface area contributed by atoms with Crippen LogP contribution in [0.4, 0.5) is 0 Å². The van der Waals surface area contributed by atoms with E-state index in [0.29, 0.717) is 0 Å². The van der Waals surface area contributed by atoms with Crippen LogP contribution in [0.15, 0.2) is 22.7 Å². The lowest BCUT2D eigenvalue weighted by atomic mass is 10.1. The van der Waals surface area contributed by atoms with E-state index in [-0.39, 0.29) is 0 Å². The molecule has 1 fully saturated rings. The van der Waals surface area contributed by atoms with Gasteiger partial charge in [-0.15, -0.1) is 0 Å². The molecule has 2 rings (SSSR count). The highest BCUT2D eigenvalue weighted by molar-refractivity contribution is 9.10. The van der Waals surface area contributed by atoms with Crippen LogP contribution in [-0.4, -0.2) is 31.2 Å². The fourth-order valence-electron chi connectivity index (χ4n) is 1.82. The summed E-state index contributed by atoms with van der Waals surface area (Å²) in [5, 5.41) is 0. The highest BCUT2D eigenvalue weighted by atomic mass is 79.9. The van der Waals surface area contributed by atoms with E-state index in [2.05, 4.69) is 46.0 Å². The number of ether oxygens (including phenoxy) is 1. The minimum absolute atomic E-state index is 0.868. The van der Waals surface area contributed by atoms with Crippen LogP contribution in [0.1, 0.15) is 11.1 Å². The normalized spacial score (nSPS) is 18.0. The highest BCUT2D eigenvalue weighted by Gasteiger charge is 2.12. The summed E-state index contributed by atoms with van der Waals surface area (Å²) in [6, 6.07) is 6.40. The van der Waals surface area contributed by atoms with E-state index >= 15 is 0 Å². The van der Waals surface area contributed by atoms with Crippen LogP contribution < -0.4 is 0 Å². The monoisotopic (exact) mass is 269 g/mol. The van der Waals surface area contributed by atoms with Gasteiger partial charge in [-0.1, -0.05) is 28.1 Å². The predicted molar refractivity (Wildman–Crippen MR) is 65.0 cm³/mol. The molecule has 3 heteroatoms. The van der Waals surface area contributed by atoms with Crippen molar-refractivity contribution in [2.24, 2.45) is 0 Å². The van der Waals surface area contributed by atoms with Gasteiger partial charge in [-0.3, -0.25) is 4.90 Å². The van der Waals surface area contributed by atoms with Crippen LogP contribution >= 0.6 is 15.9 Å². The number of rotatable bonds is 2. The molecule has 0 unspecified atom stereocenters. The third-order valence-corrected chi connectivity index (χ3v) is 3.74. The van der Waals surface area contributed by atoms with Gasteiger partial charge >= 0.3 is 0 Å². The van der Waals surface area contributed by atoms with Crippen molar-refractivity contribution in [1.29, 1.82) is 0 Å². The molecule has 1 saturated heterocycles. The topological polar surface area (TPSA) is 12.5 Å². The third kappa shape index (κ3) is 2.80. The number of hydrogen-bond acceptors (Lipinski definition) is 2. The molecule has 1 aromatic rings. The average Bonchev–Trinajstić information content (AvgIpc) is 2.26. The van der Waals surface area contributed by atoms with Crippen molar-refractivity contribution in [3.63, 3.8) is 0 Å². The molecule has 0 radical (unpaired) electrons. The standard InChI is InChI=1S/C12H16BrNO/c1-10-11(3-2-4-12(10)13)9-14-5-7-15-8-6-14/h2-4H,5-9H2,1H3. The maximum absolute atomic E-state index is 5.34. The zero-order valence-corrected chi connectivity index (χ0v) is 10.6. The quantitative estimate of drug-likeness (QED) is 0.819. The zero-order chi connectivity index (χ0) is 10.7. The molecular weight excluding hydrogens is 254 g/mol. The number of benzene rings is 1. The summed E-state index contributed by atoms with van der Waals surface area (Å²) in [7, 11) is 0. The van der Waals surface area contributed by atoms with Gasteiger partial charge in [-0.05, 0) is 24.1 Å². The van der Waals surface area contributed by atoms with Crippen molar-refractivity contribution in [3.05, 3.63) is 33.8 Å². The van der Waals surface area contributed by atoms with Crippen LogP contribution in [0.2, 0.25) is 0 Å². The second-order valence-corrected chi connectivity index (χ2v) is 4.77. The van der Waals surface area contributed by atoms with E-state index in [1.165, 1.54) is 15.6 Å². The largest absolute Gasteiger partial charge is 0.379 e. The van der Waals surface area contributed by atoms with Gasteiger partial charge in [0.2, 0.25) is 0 Å². The lowest BCUT2D eigenvalue weighted by Gasteiger charge is -2.27. The maximum atomic E-state index is 5.34. The van der Waals surface area contributed by atoms with Gasteiger partial charge < -0.3 is 4.74 Å². The van der Waals surface area contributed by atoms with Crippen LogP contribution in [0.25, 0.3) is 0 Å². The molecule has 0 spiro atoms. The van der Waals surface area contributed by atoms with Crippen molar-refractivity contribution >= 4 is 15.9 Å². The SMILES string of the molecule is Cc1c(Br)cccc1CN1CCOCC1. The van der Waals surface area contributed by atoms with Crippen molar-refractivity contribution < 1.29 is 4.74 Å². The van der Waals surface area contributed by atoms with Crippen LogP contribution in [0, 0.1) is 6.92 Å². The van der Waals surface area contributed by atoms with E-state index in [9.17, 15) is 0 Å². The first-order valence-corrected chi connectivity index (χ1v) is 6.11. The first kappa shape index (κ1) is 11.1. The Morgan fingerprint density at radius 3 is 2.80 bits per heavy atom. The highest BCUT2D eigenvalue weighted by Crippen LogP contribution is 2.20. The summed E-state index contributed by atoms with van der Waals surface area (Å²) >= 11 is 3.57. The Kier molecular flexibility index (Phi) is 3.78. The van der Waals surface area contributed by atoms with Gasteiger partial charge in [-0.25, -0.2) is 0 Å². The molecule has 1 aliphatic heterocycles. The number of hydrogen-bond donors (Lipinski definition) is 0. The minimum Gasteiger partial charge on any atom is -0.379 e. The summed E-state index contributed by atoms with van der Waals surface area (Å²) in [6.45, 7) is 7.03. The van der Waals surface area contributed by atoms with Gasteiger partial charge in [0.15, 0.2) is 0 Å². The average molecular weight is 270 g/mol. The first-order valence-electron chi connectivity index (χ1n) is 5.31. The summed E-state index contributed by atoms with van der Waals surface area (Å²) < 4.78 is 6.54. The number of halogens is 1. The molecule has 0 aliphatic carbocycles. The Bertz CT molecular complexity index is 334. The van der Waals surface area contributed by atoms with Gasteiger partial charge in [-0.2, -0.15) is 0 Å². The fourth-order valence-corrected chi connectivity index (χ4v) is 2.23. The fraction of sp³-hybridized carbons (Fsp3) is 0.500. The molecule has 82 valence electrons. The van der Waals surface area contributed by atoms with Crippen LogP contribution in [-0.2, 0) is 11.3 Å². The number of nitrogens with zero attached hydrogens (tertiary/aromatic N) is 1. The summed E-state index contributed by atoms with van der Waals surface area (Å²) in [4.78, 5) is 2.44. The van der Waals surface area contributed by atoms with Gasteiger partial charge in [0.25, 0.3) is 0 Å². The Balaban J connectivity index is 2.06. The lowest BCUT2D eigenvalue weighted by molar-refractivity contribution is 0.0341. The summed E-state index contributed by atoms with van der Waals surface area (Å²) in [5.74, 6) is 0. The molecule has 0 bridgehead atoms. The van der Waals surface area contributed by atoms with E-state index in [0.717, 1.165) is 32.8 Å². The van der Waals surface area contributed by atoms with Crippen molar-refractivity contribution in [2.45, 2.75) is 13.5 Å². The van der Waals surface area contributed by atoms with E-state index in [4.69, 9.17) is 4.74 Å². The second kappa shape index (κ2) is 5.10. The van der Waals surface area contributed by atoms with Crippen LogP contribution in [0.3, 0.4) is 0 Å². The lowest BCUT2D eigenvalue weighted by Crippen LogP contribution is -2.35. The van der Waals surface area contributed by atoms with Gasteiger partial charge in [0.1, 0.15) is 0 Å². The summed E-state index contributed by atoms with van der Waals surface area (Å²) in [6.07, 6.45) is 0. The molecule has 0 saturated carbocycles. The second-order valence-electron chi connectivity index (χ2n) is 3.91. The third-order valence-electron chi connectivity index (χ3n) is 2.88. The minimum atomic E-state index is 0.868. The zero-order valence-electron chi connectivity index (χ0n) is 9.00. The summed E-state index contributed by atoms with van der Waals surface area (Å²) in [5.41, 5.74) is 2.76. The van der Waals surface area contributed by atoms with Gasteiger partial charge in [0, 0.05) is 24.1 Å². The van der Waals surface area contributed by atoms with Crippen LogP contribution in [0.5, 0.6) is 0 Å². The molecule has 15 heavy (non-hydrogen) atoms. The molecule has 1 heterocycles. The Hall–Kier alpha value is -0.380. The predicted octanol–water partition coefficient (Wildman–Crippen LogP) is 2.59. The first-order chi connectivity index (χ1) is 7.27. The van der Waals surface area contributed by atoms with E-state index in [1.807, 2.05) is 0 Å². The smallest absolute Gasteiger partial charge is 0.0594 e. The molecule has 0 atom stereocenters. The van der Waals surface area contributed by atoms with Crippen molar-refractivity contribution in [3.8, 4) is 0 Å². The molecule has 1 aromatic carbocycles. The molecule has 0 N–H and O–H groups in total. The molecule has 0 amide bonds. The maximum Gasteiger partial charge on any atom is 0.0594 e. The molecule has 2 nitrogen and oxygen atoms in total. The molecule has 1 aliphatic rings. The van der Waals surface area contributed by atoms with Crippen molar-refractivity contribution in [1.82, 2.24) is 4.90 Å². The van der Waals surface area contributed by atoms with Crippen molar-refractivity contribution in [2.75, 3.05) is 26.3 Å². The Morgan fingerprint density at radius 2 is 2.07 bits per heavy atom. The van der Waals surface area contributed by atoms with E-state index < -0.39 is 0 Å².